The van der Waals surface area contributed by atoms with Crippen molar-refractivity contribution < 1.29 is 9.53 Å². The quantitative estimate of drug-likeness (QED) is 0.189. The van der Waals surface area contributed by atoms with Gasteiger partial charge in [0.1, 0.15) is 6.61 Å². The summed E-state index contributed by atoms with van der Waals surface area (Å²) in [6, 6.07) is 0. The van der Waals surface area contributed by atoms with Crippen molar-refractivity contribution in [3.8, 4) is 0 Å². The van der Waals surface area contributed by atoms with Gasteiger partial charge in [-0.2, -0.15) is 0 Å². The molecule has 2 unspecified atom stereocenters. The Labute approximate surface area is 183 Å². The number of carbonyl (C=O) groups excluding carboxylic acids is 1. The standard InChI is InChI=1S/C27H52O2/c1-10-13-15-23(11-2)16-17-24(12-3)21-27(8,9)25(28)29-19-14-18-26(6,7)20-22(4)5/h14,18,22-24H,10-13,15-17,19-21H2,1-9H3. The molecule has 0 aliphatic carbocycles. The normalized spacial score (nSPS) is 15.1. The molecule has 0 N–H and O–H groups in total. The summed E-state index contributed by atoms with van der Waals surface area (Å²) < 4.78 is 5.63. The van der Waals surface area contributed by atoms with Crippen molar-refractivity contribution in [1.29, 1.82) is 0 Å². The lowest BCUT2D eigenvalue weighted by atomic mass is 9.78. The third-order valence-corrected chi connectivity index (χ3v) is 6.27. The average Bonchev–Trinajstić information content (AvgIpc) is 2.62. The van der Waals surface area contributed by atoms with E-state index in [0.29, 0.717) is 18.4 Å². The van der Waals surface area contributed by atoms with Crippen LogP contribution in [0, 0.1) is 28.6 Å². The minimum atomic E-state index is -0.410. The Bertz CT molecular complexity index is 459. The van der Waals surface area contributed by atoms with Gasteiger partial charge in [-0.3, -0.25) is 4.79 Å². The molecule has 2 atom stereocenters. The van der Waals surface area contributed by atoms with Crippen molar-refractivity contribution in [2.45, 2.75) is 120 Å². The number of esters is 1. The van der Waals surface area contributed by atoms with Crippen LogP contribution < -0.4 is 0 Å². The maximum atomic E-state index is 12.7. The molecule has 172 valence electrons. The Morgan fingerprint density at radius 3 is 2.00 bits per heavy atom. The van der Waals surface area contributed by atoms with E-state index in [0.717, 1.165) is 25.2 Å². The van der Waals surface area contributed by atoms with Gasteiger partial charge in [-0.15, -0.1) is 0 Å². The molecule has 0 saturated carbocycles. The zero-order chi connectivity index (χ0) is 22.5. The molecule has 0 aromatic heterocycles. The van der Waals surface area contributed by atoms with Crippen molar-refractivity contribution >= 4 is 5.97 Å². The zero-order valence-electron chi connectivity index (χ0n) is 21.3. The van der Waals surface area contributed by atoms with Crippen molar-refractivity contribution in [3.63, 3.8) is 0 Å². The SMILES string of the molecule is CCCCC(CC)CCC(CC)CC(C)(C)C(=O)OCC=CC(C)(C)CC(C)C. The fourth-order valence-corrected chi connectivity index (χ4v) is 4.58. The van der Waals surface area contributed by atoms with Crippen LogP contribution in [0.4, 0.5) is 0 Å². The van der Waals surface area contributed by atoms with Gasteiger partial charge in [0, 0.05) is 0 Å². The van der Waals surface area contributed by atoms with Crippen LogP contribution in [0.2, 0.25) is 0 Å². The van der Waals surface area contributed by atoms with Crippen LogP contribution in [0.1, 0.15) is 120 Å². The predicted molar refractivity (Wildman–Crippen MR) is 128 cm³/mol. The highest BCUT2D eigenvalue weighted by Crippen LogP contribution is 2.33. The molecule has 29 heavy (non-hydrogen) atoms. The van der Waals surface area contributed by atoms with Gasteiger partial charge in [-0.05, 0) is 49.9 Å². The van der Waals surface area contributed by atoms with Crippen LogP contribution in [-0.2, 0) is 9.53 Å². The van der Waals surface area contributed by atoms with Crippen molar-refractivity contribution in [2.24, 2.45) is 28.6 Å². The minimum absolute atomic E-state index is 0.0553. The number of unbranched alkanes of at least 4 members (excludes halogenated alkanes) is 1. The highest BCUT2D eigenvalue weighted by molar-refractivity contribution is 5.76. The first kappa shape index (κ1) is 28.2. The first-order chi connectivity index (χ1) is 13.5. The summed E-state index contributed by atoms with van der Waals surface area (Å²) in [6.45, 7) is 20.3. The van der Waals surface area contributed by atoms with E-state index in [1.54, 1.807) is 0 Å². The van der Waals surface area contributed by atoms with Gasteiger partial charge in [0.05, 0.1) is 5.41 Å². The van der Waals surface area contributed by atoms with E-state index in [1.165, 1.54) is 38.5 Å². The Kier molecular flexibility index (Phi) is 13.9. The number of allylic oxidation sites excluding steroid dienone is 1. The summed E-state index contributed by atoms with van der Waals surface area (Å²) in [5, 5.41) is 0. The van der Waals surface area contributed by atoms with Crippen LogP contribution in [-0.4, -0.2) is 12.6 Å². The van der Waals surface area contributed by atoms with Gasteiger partial charge in [-0.1, -0.05) is 106 Å². The second kappa shape index (κ2) is 14.3. The van der Waals surface area contributed by atoms with E-state index in [1.807, 2.05) is 6.08 Å². The highest BCUT2D eigenvalue weighted by Gasteiger charge is 2.32. The lowest BCUT2D eigenvalue weighted by molar-refractivity contribution is -0.153. The van der Waals surface area contributed by atoms with Gasteiger partial charge in [0.15, 0.2) is 0 Å². The average molecular weight is 409 g/mol. The van der Waals surface area contributed by atoms with Crippen LogP contribution in [0.3, 0.4) is 0 Å². The maximum absolute atomic E-state index is 12.7. The third-order valence-electron chi connectivity index (χ3n) is 6.27. The Morgan fingerprint density at radius 1 is 0.897 bits per heavy atom. The molecule has 0 aliphatic rings. The van der Waals surface area contributed by atoms with E-state index in [-0.39, 0.29) is 11.4 Å². The molecule has 2 nitrogen and oxygen atoms in total. The predicted octanol–water partition coefficient (Wildman–Crippen LogP) is 8.60. The lowest BCUT2D eigenvalue weighted by Gasteiger charge is -2.28. The van der Waals surface area contributed by atoms with Crippen molar-refractivity contribution in [2.75, 3.05) is 6.61 Å². The van der Waals surface area contributed by atoms with Crippen LogP contribution in [0.5, 0.6) is 0 Å². The molecular weight excluding hydrogens is 356 g/mol. The number of carbonyl (C=O) groups is 1. The molecule has 0 saturated heterocycles. The molecule has 0 rings (SSSR count). The van der Waals surface area contributed by atoms with E-state index in [2.05, 4.69) is 68.4 Å². The second-order valence-electron chi connectivity index (χ2n) is 10.9. The van der Waals surface area contributed by atoms with Gasteiger partial charge < -0.3 is 4.74 Å². The molecule has 0 aromatic rings. The zero-order valence-corrected chi connectivity index (χ0v) is 21.3. The van der Waals surface area contributed by atoms with Gasteiger partial charge in [0.2, 0.25) is 0 Å². The maximum Gasteiger partial charge on any atom is 0.311 e. The number of hydrogen-bond acceptors (Lipinski definition) is 2. The largest absolute Gasteiger partial charge is 0.461 e. The van der Waals surface area contributed by atoms with Crippen molar-refractivity contribution in [1.82, 2.24) is 0 Å². The molecule has 0 heterocycles. The molecule has 0 radical (unpaired) electrons. The summed E-state index contributed by atoms with van der Waals surface area (Å²) in [5.74, 6) is 2.06. The second-order valence-corrected chi connectivity index (χ2v) is 10.9. The number of ether oxygens (including phenoxy) is 1. The molecule has 0 spiro atoms. The lowest BCUT2D eigenvalue weighted by Crippen LogP contribution is -2.29. The molecular formula is C27H52O2. The molecule has 0 aromatic carbocycles. The molecule has 0 aliphatic heterocycles. The molecule has 2 heteroatoms. The monoisotopic (exact) mass is 408 g/mol. The topological polar surface area (TPSA) is 26.3 Å². The highest BCUT2D eigenvalue weighted by atomic mass is 16.5. The van der Waals surface area contributed by atoms with Crippen LogP contribution in [0.25, 0.3) is 0 Å². The first-order valence-electron chi connectivity index (χ1n) is 12.3. The Morgan fingerprint density at radius 2 is 1.48 bits per heavy atom. The number of rotatable bonds is 16. The van der Waals surface area contributed by atoms with Gasteiger partial charge >= 0.3 is 5.97 Å². The smallest absolute Gasteiger partial charge is 0.311 e. The summed E-state index contributed by atoms with van der Waals surface area (Å²) in [5.41, 5.74) is -0.260. The van der Waals surface area contributed by atoms with Crippen molar-refractivity contribution in [3.05, 3.63) is 12.2 Å². The molecule has 0 bridgehead atoms. The van der Waals surface area contributed by atoms with E-state index < -0.39 is 5.41 Å². The van der Waals surface area contributed by atoms with E-state index >= 15 is 0 Å². The fraction of sp³-hybridized carbons (Fsp3) is 0.889. The van der Waals surface area contributed by atoms with E-state index in [9.17, 15) is 4.79 Å². The number of hydrogen-bond donors (Lipinski definition) is 0. The van der Waals surface area contributed by atoms with Crippen LogP contribution >= 0.6 is 0 Å². The summed E-state index contributed by atoms with van der Waals surface area (Å²) in [7, 11) is 0. The van der Waals surface area contributed by atoms with E-state index in [4.69, 9.17) is 4.74 Å². The Hall–Kier alpha value is -0.790. The van der Waals surface area contributed by atoms with Crippen LogP contribution in [0.15, 0.2) is 12.2 Å². The third kappa shape index (κ3) is 13.2. The summed E-state index contributed by atoms with van der Waals surface area (Å²) in [6.07, 6.45) is 15.2. The minimum Gasteiger partial charge on any atom is -0.461 e. The molecule has 0 fully saturated rings. The summed E-state index contributed by atoms with van der Waals surface area (Å²) >= 11 is 0. The first-order valence-corrected chi connectivity index (χ1v) is 12.3. The molecule has 0 amide bonds. The fourth-order valence-electron chi connectivity index (χ4n) is 4.58. The summed E-state index contributed by atoms with van der Waals surface area (Å²) in [4.78, 5) is 12.7. The van der Waals surface area contributed by atoms with Gasteiger partial charge in [0.25, 0.3) is 0 Å². The Balaban J connectivity index is 4.54. The van der Waals surface area contributed by atoms with Gasteiger partial charge in [-0.25, -0.2) is 0 Å².